The molecule has 0 unspecified atom stereocenters. The van der Waals surface area contributed by atoms with Crippen molar-refractivity contribution < 1.29 is 13.6 Å². The Morgan fingerprint density at radius 1 is 1.40 bits per heavy atom. The zero-order valence-corrected chi connectivity index (χ0v) is 8.76. The Hall–Kier alpha value is -1.45. The van der Waals surface area contributed by atoms with Gasteiger partial charge in [-0.1, -0.05) is 13.0 Å². The lowest BCUT2D eigenvalue weighted by molar-refractivity contribution is -0.130. The number of rotatable bonds is 3. The third-order valence-corrected chi connectivity index (χ3v) is 2.15. The Balaban J connectivity index is 2.76. The van der Waals surface area contributed by atoms with Crippen LogP contribution in [0.25, 0.3) is 0 Å². The van der Waals surface area contributed by atoms with E-state index in [1.54, 1.807) is 14.0 Å². The van der Waals surface area contributed by atoms with E-state index >= 15 is 0 Å². The van der Waals surface area contributed by atoms with Crippen LogP contribution in [0.2, 0.25) is 0 Å². The minimum absolute atomic E-state index is 0.0706. The fourth-order valence-corrected chi connectivity index (χ4v) is 1.26. The van der Waals surface area contributed by atoms with Crippen molar-refractivity contribution >= 4 is 5.91 Å². The number of hydrogen-bond donors (Lipinski definition) is 0. The Labute approximate surface area is 87.5 Å². The fourth-order valence-electron chi connectivity index (χ4n) is 1.26. The van der Waals surface area contributed by atoms with Gasteiger partial charge in [0.25, 0.3) is 0 Å². The summed E-state index contributed by atoms with van der Waals surface area (Å²) in [6.45, 7) is 1.90. The van der Waals surface area contributed by atoms with Crippen molar-refractivity contribution in [1.29, 1.82) is 0 Å². The van der Waals surface area contributed by atoms with E-state index < -0.39 is 11.6 Å². The number of nitrogens with zero attached hydrogens (tertiary/aromatic N) is 1. The second-order valence-electron chi connectivity index (χ2n) is 3.34. The molecule has 1 rings (SSSR count). The quantitative estimate of drug-likeness (QED) is 0.754. The molecule has 0 aliphatic heterocycles. The lowest BCUT2D eigenvalue weighted by Gasteiger charge is -2.16. The molecular formula is C11H13F2NO. The van der Waals surface area contributed by atoms with Gasteiger partial charge in [0.1, 0.15) is 11.6 Å². The fraction of sp³-hybridized carbons (Fsp3) is 0.364. The summed E-state index contributed by atoms with van der Waals surface area (Å²) in [6, 6.07) is 3.35. The van der Waals surface area contributed by atoms with Gasteiger partial charge in [-0.05, 0) is 6.07 Å². The third kappa shape index (κ3) is 3.01. The molecule has 0 fully saturated rings. The molecule has 4 heteroatoms. The molecule has 0 heterocycles. The van der Waals surface area contributed by atoms with E-state index in [9.17, 15) is 13.6 Å². The van der Waals surface area contributed by atoms with Crippen LogP contribution in [0.3, 0.4) is 0 Å². The molecule has 0 aliphatic carbocycles. The van der Waals surface area contributed by atoms with E-state index in [-0.39, 0.29) is 12.5 Å². The van der Waals surface area contributed by atoms with E-state index in [1.807, 2.05) is 0 Å². The van der Waals surface area contributed by atoms with Crippen LogP contribution >= 0.6 is 0 Å². The van der Waals surface area contributed by atoms with Gasteiger partial charge in [0, 0.05) is 31.6 Å². The van der Waals surface area contributed by atoms with Gasteiger partial charge in [0.15, 0.2) is 0 Å². The molecule has 2 nitrogen and oxygen atoms in total. The average Bonchev–Trinajstić information content (AvgIpc) is 2.20. The van der Waals surface area contributed by atoms with Gasteiger partial charge in [-0.3, -0.25) is 4.79 Å². The van der Waals surface area contributed by atoms with Crippen molar-refractivity contribution in [1.82, 2.24) is 4.90 Å². The lowest BCUT2D eigenvalue weighted by Crippen LogP contribution is -2.25. The molecule has 0 atom stereocenters. The van der Waals surface area contributed by atoms with Gasteiger partial charge in [0.05, 0.1) is 0 Å². The molecule has 0 aliphatic rings. The van der Waals surface area contributed by atoms with E-state index in [0.29, 0.717) is 12.0 Å². The van der Waals surface area contributed by atoms with Crippen LogP contribution in [-0.2, 0) is 11.3 Å². The molecule has 0 radical (unpaired) electrons. The van der Waals surface area contributed by atoms with Crippen LogP contribution in [0.15, 0.2) is 18.2 Å². The van der Waals surface area contributed by atoms with Gasteiger partial charge in [-0.25, -0.2) is 8.78 Å². The Morgan fingerprint density at radius 3 is 2.60 bits per heavy atom. The topological polar surface area (TPSA) is 20.3 Å². The van der Waals surface area contributed by atoms with Crippen LogP contribution in [0.4, 0.5) is 8.78 Å². The van der Waals surface area contributed by atoms with Gasteiger partial charge >= 0.3 is 0 Å². The maximum atomic E-state index is 13.2. The normalized spacial score (nSPS) is 10.1. The van der Waals surface area contributed by atoms with Crippen molar-refractivity contribution in [3.63, 3.8) is 0 Å². The summed E-state index contributed by atoms with van der Waals surface area (Å²) in [5.74, 6) is -1.30. The van der Waals surface area contributed by atoms with Crippen LogP contribution in [0, 0.1) is 11.6 Å². The van der Waals surface area contributed by atoms with Crippen molar-refractivity contribution in [2.45, 2.75) is 19.9 Å². The predicted molar refractivity (Wildman–Crippen MR) is 53.1 cm³/mol. The summed E-state index contributed by atoms with van der Waals surface area (Å²) < 4.78 is 25.8. The second kappa shape index (κ2) is 4.87. The molecule has 0 saturated carbocycles. The number of carbonyl (C=O) groups is 1. The number of benzene rings is 1. The van der Waals surface area contributed by atoms with Crippen LogP contribution in [0.1, 0.15) is 18.9 Å². The largest absolute Gasteiger partial charge is 0.341 e. The Kier molecular flexibility index (Phi) is 3.77. The summed E-state index contributed by atoms with van der Waals surface area (Å²) in [5.41, 5.74) is 0.320. The minimum atomic E-state index is -0.620. The molecule has 0 saturated heterocycles. The summed E-state index contributed by atoms with van der Waals surface area (Å²) in [7, 11) is 1.59. The van der Waals surface area contributed by atoms with Crippen molar-refractivity contribution in [2.24, 2.45) is 0 Å². The van der Waals surface area contributed by atoms with E-state index in [0.717, 1.165) is 6.07 Å². The molecule has 15 heavy (non-hydrogen) atoms. The molecule has 1 aromatic rings. The average molecular weight is 213 g/mol. The van der Waals surface area contributed by atoms with Gasteiger partial charge in [-0.2, -0.15) is 0 Å². The van der Waals surface area contributed by atoms with Gasteiger partial charge in [0.2, 0.25) is 5.91 Å². The zero-order valence-electron chi connectivity index (χ0n) is 8.76. The number of carbonyl (C=O) groups excluding carboxylic acids is 1. The minimum Gasteiger partial charge on any atom is -0.341 e. The van der Waals surface area contributed by atoms with Gasteiger partial charge < -0.3 is 4.90 Å². The smallest absolute Gasteiger partial charge is 0.222 e. The van der Waals surface area contributed by atoms with Crippen LogP contribution < -0.4 is 0 Å². The summed E-state index contributed by atoms with van der Waals surface area (Å²) in [6.07, 6.45) is 0.374. The van der Waals surface area contributed by atoms with E-state index in [1.165, 1.54) is 17.0 Å². The van der Waals surface area contributed by atoms with Gasteiger partial charge in [-0.15, -0.1) is 0 Å². The maximum Gasteiger partial charge on any atom is 0.222 e. The standard InChI is InChI=1S/C11H13F2NO/c1-3-11(15)14(2)7-8-4-5-9(12)6-10(8)13/h4-6H,3,7H2,1-2H3. The first-order valence-corrected chi connectivity index (χ1v) is 4.72. The molecule has 1 aromatic carbocycles. The Bertz CT molecular complexity index is 366. The highest BCUT2D eigenvalue weighted by molar-refractivity contribution is 5.75. The lowest BCUT2D eigenvalue weighted by atomic mass is 10.2. The summed E-state index contributed by atoms with van der Waals surface area (Å²) in [5, 5.41) is 0. The second-order valence-corrected chi connectivity index (χ2v) is 3.34. The third-order valence-electron chi connectivity index (χ3n) is 2.15. The monoisotopic (exact) mass is 213 g/mol. The highest BCUT2D eigenvalue weighted by Crippen LogP contribution is 2.11. The van der Waals surface area contributed by atoms with E-state index in [4.69, 9.17) is 0 Å². The molecule has 0 spiro atoms. The highest BCUT2D eigenvalue weighted by atomic mass is 19.1. The summed E-state index contributed by atoms with van der Waals surface area (Å²) >= 11 is 0. The van der Waals surface area contributed by atoms with Crippen molar-refractivity contribution in [3.05, 3.63) is 35.4 Å². The first kappa shape index (κ1) is 11.6. The molecule has 0 aromatic heterocycles. The molecular weight excluding hydrogens is 200 g/mol. The first-order chi connectivity index (χ1) is 7.04. The summed E-state index contributed by atoms with van der Waals surface area (Å²) in [4.78, 5) is 12.6. The number of amides is 1. The molecule has 1 amide bonds. The van der Waals surface area contributed by atoms with Crippen molar-refractivity contribution in [3.8, 4) is 0 Å². The SMILES string of the molecule is CCC(=O)N(C)Cc1ccc(F)cc1F. The highest BCUT2D eigenvalue weighted by Gasteiger charge is 2.10. The Morgan fingerprint density at radius 2 is 2.07 bits per heavy atom. The van der Waals surface area contributed by atoms with E-state index in [2.05, 4.69) is 0 Å². The first-order valence-electron chi connectivity index (χ1n) is 4.72. The molecule has 0 bridgehead atoms. The maximum absolute atomic E-state index is 13.2. The predicted octanol–water partition coefficient (Wildman–Crippen LogP) is 2.33. The molecule has 82 valence electrons. The molecule has 0 N–H and O–H groups in total. The van der Waals surface area contributed by atoms with Crippen LogP contribution in [-0.4, -0.2) is 17.9 Å². The number of halogens is 2. The van der Waals surface area contributed by atoms with Crippen LogP contribution in [0.5, 0.6) is 0 Å². The zero-order chi connectivity index (χ0) is 11.4. The number of hydrogen-bond acceptors (Lipinski definition) is 1. The van der Waals surface area contributed by atoms with Crippen molar-refractivity contribution in [2.75, 3.05) is 7.05 Å².